The van der Waals surface area contributed by atoms with E-state index in [1.807, 2.05) is 36.4 Å². The lowest BCUT2D eigenvalue weighted by molar-refractivity contribution is -0.122. The number of nitrogens with one attached hydrogen (secondary N) is 1. The topological polar surface area (TPSA) is 50.8 Å². The first-order valence-electron chi connectivity index (χ1n) is 9.17. The predicted molar refractivity (Wildman–Crippen MR) is 101 cm³/mol. The Morgan fingerprint density at radius 2 is 2.04 bits per heavy atom. The highest BCUT2D eigenvalue weighted by Gasteiger charge is 2.30. The third-order valence-electron chi connectivity index (χ3n) is 4.96. The Kier molecular flexibility index (Phi) is 4.69. The fraction of sp³-hybridized carbons (Fsp3) is 0.381. The molecule has 0 bridgehead atoms. The Labute approximate surface area is 153 Å². The van der Waals surface area contributed by atoms with Crippen molar-refractivity contribution in [3.05, 3.63) is 54.1 Å². The van der Waals surface area contributed by atoms with Gasteiger partial charge in [0.05, 0.1) is 19.3 Å². The second-order valence-electron chi connectivity index (χ2n) is 6.86. The second-order valence-corrected chi connectivity index (χ2v) is 6.86. The van der Waals surface area contributed by atoms with E-state index in [4.69, 9.17) is 9.47 Å². The maximum absolute atomic E-state index is 11.9. The molecule has 0 saturated heterocycles. The Morgan fingerprint density at radius 1 is 1.23 bits per heavy atom. The number of nitrogens with zero attached hydrogens (tertiary/aromatic N) is 1. The predicted octanol–water partition coefficient (Wildman–Crippen LogP) is 3.16. The van der Waals surface area contributed by atoms with Gasteiger partial charge in [-0.05, 0) is 30.5 Å². The Morgan fingerprint density at radius 3 is 2.77 bits per heavy atom. The summed E-state index contributed by atoms with van der Waals surface area (Å²) in [4.78, 5) is 14.2. The number of carbonyl (C=O) groups is 1. The van der Waals surface area contributed by atoms with E-state index in [0.29, 0.717) is 6.54 Å². The third-order valence-corrected chi connectivity index (χ3v) is 4.96. The zero-order chi connectivity index (χ0) is 17.9. The molecule has 2 aromatic carbocycles. The number of hydrogen-bond acceptors (Lipinski definition) is 4. The van der Waals surface area contributed by atoms with Gasteiger partial charge in [0.25, 0.3) is 0 Å². The monoisotopic (exact) mass is 352 g/mol. The number of benzene rings is 2. The van der Waals surface area contributed by atoms with Gasteiger partial charge in [-0.1, -0.05) is 30.3 Å². The van der Waals surface area contributed by atoms with Gasteiger partial charge >= 0.3 is 0 Å². The van der Waals surface area contributed by atoms with Crippen molar-refractivity contribution in [1.82, 2.24) is 5.32 Å². The summed E-state index contributed by atoms with van der Waals surface area (Å²) in [6, 6.07) is 16.1. The molecule has 4 rings (SSSR count). The van der Waals surface area contributed by atoms with Crippen LogP contribution < -0.4 is 19.7 Å². The second kappa shape index (κ2) is 7.28. The van der Waals surface area contributed by atoms with E-state index < -0.39 is 0 Å². The summed E-state index contributed by atoms with van der Waals surface area (Å²) in [6.45, 7) is 2.11. The van der Waals surface area contributed by atoms with E-state index in [1.165, 1.54) is 0 Å². The van der Waals surface area contributed by atoms with Crippen LogP contribution in [-0.2, 0) is 4.79 Å². The molecule has 2 aliphatic rings. The maximum atomic E-state index is 11.9. The van der Waals surface area contributed by atoms with Crippen LogP contribution in [0.1, 0.15) is 24.5 Å². The van der Waals surface area contributed by atoms with Crippen LogP contribution in [0.2, 0.25) is 0 Å². The van der Waals surface area contributed by atoms with Crippen molar-refractivity contribution in [3.8, 4) is 11.5 Å². The summed E-state index contributed by atoms with van der Waals surface area (Å²) in [6.07, 6.45) is 2.02. The number of amides is 1. The molecule has 136 valence electrons. The largest absolute Gasteiger partial charge is 0.497 e. The van der Waals surface area contributed by atoms with Gasteiger partial charge in [0.1, 0.15) is 17.6 Å². The first-order valence-corrected chi connectivity index (χ1v) is 9.17. The van der Waals surface area contributed by atoms with Gasteiger partial charge < -0.3 is 19.7 Å². The normalized spacial score (nSPS) is 18.7. The molecule has 0 radical (unpaired) electrons. The standard InChI is InChI=1S/C21H24N2O3/c1-25-17-9-10-19-18(13-17)23(12-11-22-21(24)16-7-8-16)14-20(26-19)15-5-3-2-4-6-15/h2-6,9-10,13,16,20H,7-8,11-12,14H2,1H3,(H,22,24). The van der Waals surface area contributed by atoms with E-state index in [1.54, 1.807) is 7.11 Å². The van der Waals surface area contributed by atoms with Gasteiger partial charge in [-0.2, -0.15) is 0 Å². The highest BCUT2D eigenvalue weighted by atomic mass is 16.5. The van der Waals surface area contributed by atoms with E-state index in [9.17, 15) is 4.79 Å². The first kappa shape index (κ1) is 16.8. The zero-order valence-electron chi connectivity index (χ0n) is 15.0. The summed E-state index contributed by atoms with van der Waals surface area (Å²) in [5, 5.41) is 3.05. The van der Waals surface area contributed by atoms with E-state index in [-0.39, 0.29) is 17.9 Å². The van der Waals surface area contributed by atoms with Gasteiger partial charge in [0.2, 0.25) is 5.91 Å². The fourth-order valence-electron chi connectivity index (χ4n) is 3.32. The van der Waals surface area contributed by atoms with Gasteiger partial charge in [0.15, 0.2) is 0 Å². The van der Waals surface area contributed by atoms with Gasteiger partial charge in [-0.15, -0.1) is 0 Å². The molecule has 2 aromatic rings. The lowest BCUT2D eigenvalue weighted by Gasteiger charge is -2.36. The molecule has 26 heavy (non-hydrogen) atoms. The average molecular weight is 352 g/mol. The highest BCUT2D eigenvalue weighted by Crippen LogP contribution is 2.40. The van der Waals surface area contributed by atoms with Crippen LogP contribution >= 0.6 is 0 Å². The van der Waals surface area contributed by atoms with Gasteiger partial charge in [0, 0.05) is 25.1 Å². The Hall–Kier alpha value is -2.69. The molecule has 1 N–H and O–H groups in total. The Bertz CT molecular complexity index is 774. The molecule has 1 aliphatic carbocycles. The number of fused-ring (bicyclic) bond motifs is 1. The minimum absolute atomic E-state index is 0.0313. The van der Waals surface area contributed by atoms with Crippen molar-refractivity contribution >= 4 is 11.6 Å². The number of methoxy groups -OCH3 is 1. The molecule has 0 aromatic heterocycles. The molecular formula is C21H24N2O3. The fourth-order valence-corrected chi connectivity index (χ4v) is 3.32. The maximum Gasteiger partial charge on any atom is 0.223 e. The minimum atomic E-state index is -0.0313. The summed E-state index contributed by atoms with van der Waals surface area (Å²) in [7, 11) is 1.67. The van der Waals surface area contributed by atoms with Crippen LogP contribution in [-0.4, -0.2) is 32.7 Å². The van der Waals surface area contributed by atoms with E-state index in [2.05, 4.69) is 22.3 Å². The van der Waals surface area contributed by atoms with Crippen molar-refractivity contribution in [2.45, 2.75) is 18.9 Å². The lowest BCUT2D eigenvalue weighted by Crippen LogP contribution is -2.40. The van der Waals surface area contributed by atoms with E-state index >= 15 is 0 Å². The molecule has 0 spiro atoms. The molecule has 1 fully saturated rings. The van der Waals surface area contributed by atoms with Gasteiger partial charge in [-0.25, -0.2) is 0 Å². The molecule has 1 saturated carbocycles. The van der Waals surface area contributed by atoms with Crippen molar-refractivity contribution in [3.63, 3.8) is 0 Å². The lowest BCUT2D eigenvalue weighted by atomic mass is 10.1. The number of rotatable bonds is 6. The summed E-state index contributed by atoms with van der Waals surface area (Å²) in [5.74, 6) is 2.07. The number of ether oxygens (including phenoxy) is 2. The van der Waals surface area contributed by atoms with Crippen LogP contribution in [0.3, 0.4) is 0 Å². The van der Waals surface area contributed by atoms with Crippen molar-refractivity contribution in [2.75, 3.05) is 31.6 Å². The molecule has 1 amide bonds. The van der Waals surface area contributed by atoms with Gasteiger partial charge in [-0.3, -0.25) is 4.79 Å². The van der Waals surface area contributed by atoms with Crippen LogP contribution in [0, 0.1) is 5.92 Å². The molecule has 1 heterocycles. The van der Waals surface area contributed by atoms with Crippen LogP contribution in [0.5, 0.6) is 11.5 Å². The van der Waals surface area contributed by atoms with Crippen molar-refractivity contribution in [2.24, 2.45) is 5.92 Å². The number of carbonyl (C=O) groups excluding carboxylic acids is 1. The quantitative estimate of drug-likeness (QED) is 0.868. The Balaban J connectivity index is 1.52. The molecule has 5 nitrogen and oxygen atoms in total. The smallest absolute Gasteiger partial charge is 0.223 e. The molecule has 1 atom stereocenters. The third kappa shape index (κ3) is 3.62. The summed E-state index contributed by atoms with van der Waals surface area (Å²) < 4.78 is 11.6. The summed E-state index contributed by atoms with van der Waals surface area (Å²) in [5.41, 5.74) is 2.16. The molecule has 5 heteroatoms. The van der Waals surface area contributed by atoms with Crippen LogP contribution in [0.25, 0.3) is 0 Å². The first-order chi connectivity index (χ1) is 12.7. The van der Waals surface area contributed by atoms with Crippen molar-refractivity contribution in [1.29, 1.82) is 0 Å². The molecular weight excluding hydrogens is 328 g/mol. The average Bonchev–Trinajstić information content (AvgIpc) is 3.53. The SMILES string of the molecule is COc1ccc2c(c1)N(CCNC(=O)C1CC1)CC(c1ccccc1)O2. The molecule has 1 aliphatic heterocycles. The van der Waals surface area contributed by atoms with Crippen LogP contribution in [0.15, 0.2) is 48.5 Å². The minimum Gasteiger partial charge on any atom is -0.497 e. The number of anilines is 1. The van der Waals surface area contributed by atoms with Crippen LogP contribution in [0.4, 0.5) is 5.69 Å². The van der Waals surface area contributed by atoms with E-state index in [0.717, 1.165) is 48.7 Å². The zero-order valence-corrected chi connectivity index (χ0v) is 15.0. The molecule has 1 unspecified atom stereocenters. The van der Waals surface area contributed by atoms with Crippen molar-refractivity contribution < 1.29 is 14.3 Å². The number of hydrogen-bond donors (Lipinski definition) is 1. The summed E-state index contributed by atoms with van der Waals surface area (Å²) >= 11 is 0. The highest BCUT2D eigenvalue weighted by molar-refractivity contribution is 5.80.